The van der Waals surface area contributed by atoms with Gasteiger partial charge in [-0.25, -0.2) is 0 Å². The average molecular weight is 475 g/mol. The van der Waals surface area contributed by atoms with Gasteiger partial charge in [-0.15, -0.1) is 0 Å². The Morgan fingerprint density at radius 1 is 1.00 bits per heavy atom. The number of carbonyl (C=O) groups is 1. The van der Waals surface area contributed by atoms with Crippen LogP contribution in [-0.2, 0) is 11.3 Å². The van der Waals surface area contributed by atoms with Gasteiger partial charge in [-0.3, -0.25) is 4.79 Å². The van der Waals surface area contributed by atoms with E-state index in [1.165, 1.54) is 5.56 Å². The van der Waals surface area contributed by atoms with Crippen molar-refractivity contribution in [2.45, 2.75) is 32.7 Å². The first kappa shape index (κ1) is 23.9. The summed E-state index contributed by atoms with van der Waals surface area (Å²) in [5, 5.41) is 4.93. The summed E-state index contributed by atoms with van der Waals surface area (Å²) < 4.78 is 7.57. The number of aromatic nitrogens is 1. The second-order valence-electron chi connectivity index (χ2n) is 9.08. The number of methoxy groups -OCH3 is 1. The lowest BCUT2D eigenvalue weighted by molar-refractivity contribution is -0.121. The summed E-state index contributed by atoms with van der Waals surface area (Å²) in [4.78, 5) is 12.9. The molecule has 0 saturated carbocycles. The van der Waals surface area contributed by atoms with E-state index in [9.17, 15) is 4.79 Å². The standard InChI is InChI=1S/C29H31ClN2O2/c1-20(2)17-31-29(33)16-26(22-10-12-23(30)13-11-22)27-19-32(28-7-5-4-6-25(27)28)18-21-8-14-24(34-3)15-9-21/h4-15,19-20,26H,16-18H2,1-3H3,(H,31,33)/t26-/m0/s1. The maximum absolute atomic E-state index is 12.9. The van der Waals surface area contributed by atoms with E-state index in [2.05, 4.69) is 66.3 Å². The van der Waals surface area contributed by atoms with Gasteiger partial charge in [-0.2, -0.15) is 0 Å². The van der Waals surface area contributed by atoms with Crippen molar-refractivity contribution in [2.24, 2.45) is 5.92 Å². The molecule has 0 aliphatic rings. The Balaban J connectivity index is 1.73. The monoisotopic (exact) mass is 474 g/mol. The number of hydrogen-bond acceptors (Lipinski definition) is 2. The zero-order valence-corrected chi connectivity index (χ0v) is 20.7. The Bertz CT molecular complexity index is 1240. The van der Waals surface area contributed by atoms with Crippen LogP contribution in [0, 0.1) is 5.92 Å². The van der Waals surface area contributed by atoms with Crippen molar-refractivity contribution in [3.05, 3.63) is 101 Å². The first-order chi connectivity index (χ1) is 16.4. The fraction of sp³-hybridized carbons (Fsp3) is 0.276. The van der Waals surface area contributed by atoms with Gasteiger partial charge in [0.05, 0.1) is 7.11 Å². The van der Waals surface area contributed by atoms with Crippen LogP contribution < -0.4 is 10.1 Å². The molecule has 0 bridgehead atoms. The van der Waals surface area contributed by atoms with Crippen LogP contribution in [0.15, 0.2) is 79.0 Å². The molecule has 0 radical (unpaired) electrons. The maximum Gasteiger partial charge on any atom is 0.220 e. The Labute approximate surface area is 206 Å². The number of benzene rings is 3. The summed E-state index contributed by atoms with van der Waals surface area (Å²) >= 11 is 6.17. The molecule has 0 aliphatic carbocycles. The molecule has 0 saturated heterocycles. The van der Waals surface area contributed by atoms with Crippen molar-refractivity contribution in [3.8, 4) is 5.75 Å². The molecule has 1 amide bonds. The number of nitrogens with one attached hydrogen (secondary N) is 1. The molecular weight excluding hydrogens is 444 g/mol. The fourth-order valence-corrected chi connectivity index (χ4v) is 4.42. The van der Waals surface area contributed by atoms with E-state index >= 15 is 0 Å². The predicted molar refractivity (Wildman–Crippen MR) is 140 cm³/mol. The number of fused-ring (bicyclic) bond motifs is 1. The number of para-hydroxylation sites is 1. The Hall–Kier alpha value is -3.24. The third-order valence-electron chi connectivity index (χ3n) is 6.08. The molecule has 1 atom stereocenters. The number of amides is 1. The van der Waals surface area contributed by atoms with Gasteiger partial charge in [0, 0.05) is 47.6 Å². The molecule has 176 valence electrons. The predicted octanol–water partition coefficient (Wildman–Crippen LogP) is 6.65. The van der Waals surface area contributed by atoms with Gasteiger partial charge in [0.1, 0.15) is 5.75 Å². The third kappa shape index (κ3) is 5.63. The number of nitrogens with zero attached hydrogens (tertiary/aromatic N) is 1. The van der Waals surface area contributed by atoms with E-state index in [0.29, 0.717) is 23.9 Å². The first-order valence-corrected chi connectivity index (χ1v) is 12.0. The Kier molecular flexibility index (Phi) is 7.59. The van der Waals surface area contributed by atoms with E-state index in [0.717, 1.165) is 34.3 Å². The van der Waals surface area contributed by atoms with Crippen LogP contribution in [0.25, 0.3) is 10.9 Å². The zero-order chi connectivity index (χ0) is 24.1. The normalized spacial score (nSPS) is 12.1. The minimum Gasteiger partial charge on any atom is -0.497 e. The molecule has 0 unspecified atom stereocenters. The third-order valence-corrected chi connectivity index (χ3v) is 6.33. The van der Waals surface area contributed by atoms with E-state index in [4.69, 9.17) is 16.3 Å². The lowest BCUT2D eigenvalue weighted by Gasteiger charge is -2.18. The molecule has 1 aromatic heterocycles. The van der Waals surface area contributed by atoms with E-state index in [1.54, 1.807) is 7.11 Å². The van der Waals surface area contributed by atoms with Gasteiger partial charge in [0.15, 0.2) is 0 Å². The molecule has 0 spiro atoms. The molecule has 34 heavy (non-hydrogen) atoms. The molecule has 3 aromatic carbocycles. The van der Waals surface area contributed by atoms with Gasteiger partial charge < -0.3 is 14.6 Å². The molecule has 4 aromatic rings. The molecule has 0 aliphatic heterocycles. The summed E-state index contributed by atoms with van der Waals surface area (Å²) in [6, 6.07) is 24.4. The van der Waals surface area contributed by atoms with Crippen LogP contribution in [0.2, 0.25) is 5.02 Å². The van der Waals surface area contributed by atoms with Crippen LogP contribution >= 0.6 is 11.6 Å². The van der Waals surface area contributed by atoms with Crippen LogP contribution in [0.5, 0.6) is 5.75 Å². The van der Waals surface area contributed by atoms with Gasteiger partial charge in [-0.05, 0) is 52.9 Å². The van der Waals surface area contributed by atoms with Gasteiger partial charge in [-0.1, -0.05) is 67.9 Å². The number of ether oxygens (including phenoxy) is 1. The van der Waals surface area contributed by atoms with Crippen LogP contribution in [0.4, 0.5) is 0 Å². The zero-order valence-electron chi connectivity index (χ0n) is 19.9. The van der Waals surface area contributed by atoms with Crippen molar-refractivity contribution in [3.63, 3.8) is 0 Å². The largest absolute Gasteiger partial charge is 0.497 e. The van der Waals surface area contributed by atoms with Gasteiger partial charge in [0.25, 0.3) is 0 Å². The fourth-order valence-electron chi connectivity index (χ4n) is 4.29. The quantitative estimate of drug-likeness (QED) is 0.295. The van der Waals surface area contributed by atoms with Crippen molar-refractivity contribution in [2.75, 3.05) is 13.7 Å². The minimum atomic E-state index is -0.0774. The smallest absolute Gasteiger partial charge is 0.220 e. The number of halogens is 1. The summed E-state index contributed by atoms with van der Waals surface area (Å²) in [6.07, 6.45) is 2.58. The Morgan fingerprint density at radius 2 is 1.71 bits per heavy atom. The van der Waals surface area contributed by atoms with Crippen molar-refractivity contribution >= 4 is 28.4 Å². The van der Waals surface area contributed by atoms with E-state index in [1.807, 2.05) is 36.4 Å². The van der Waals surface area contributed by atoms with Gasteiger partial charge in [0.2, 0.25) is 5.91 Å². The lowest BCUT2D eigenvalue weighted by atomic mass is 9.88. The van der Waals surface area contributed by atoms with Gasteiger partial charge >= 0.3 is 0 Å². The molecule has 1 N–H and O–H groups in total. The highest BCUT2D eigenvalue weighted by Gasteiger charge is 2.23. The molecule has 1 heterocycles. The summed E-state index contributed by atoms with van der Waals surface area (Å²) in [5.74, 6) is 1.23. The lowest BCUT2D eigenvalue weighted by Crippen LogP contribution is -2.28. The summed E-state index contributed by atoms with van der Waals surface area (Å²) in [6.45, 7) is 5.61. The molecular formula is C29H31ClN2O2. The number of carbonyl (C=O) groups excluding carboxylic acids is 1. The van der Waals surface area contributed by atoms with Crippen molar-refractivity contribution in [1.29, 1.82) is 0 Å². The number of rotatable bonds is 9. The molecule has 5 heteroatoms. The molecule has 4 nitrogen and oxygen atoms in total. The SMILES string of the molecule is COc1ccc(Cn2cc([C@@H](CC(=O)NCC(C)C)c3ccc(Cl)cc3)c3ccccc32)cc1. The molecule has 4 rings (SSSR count). The van der Waals surface area contributed by atoms with Crippen LogP contribution in [-0.4, -0.2) is 24.1 Å². The first-order valence-electron chi connectivity index (χ1n) is 11.7. The molecule has 0 fully saturated rings. The van der Waals surface area contributed by atoms with E-state index in [-0.39, 0.29) is 11.8 Å². The second-order valence-corrected chi connectivity index (χ2v) is 9.52. The average Bonchev–Trinajstić information content (AvgIpc) is 3.20. The maximum atomic E-state index is 12.9. The number of hydrogen-bond donors (Lipinski definition) is 1. The van der Waals surface area contributed by atoms with E-state index < -0.39 is 0 Å². The van der Waals surface area contributed by atoms with Crippen LogP contribution in [0.3, 0.4) is 0 Å². The second kappa shape index (κ2) is 10.8. The highest BCUT2D eigenvalue weighted by Crippen LogP contribution is 2.35. The van der Waals surface area contributed by atoms with Crippen molar-refractivity contribution < 1.29 is 9.53 Å². The highest BCUT2D eigenvalue weighted by atomic mass is 35.5. The topological polar surface area (TPSA) is 43.3 Å². The van der Waals surface area contributed by atoms with Crippen LogP contribution in [0.1, 0.15) is 42.9 Å². The Morgan fingerprint density at radius 3 is 2.38 bits per heavy atom. The minimum absolute atomic E-state index is 0.0561. The summed E-state index contributed by atoms with van der Waals surface area (Å²) in [5.41, 5.74) is 4.56. The summed E-state index contributed by atoms with van der Waals surface area (Å²) in [7, 11) is 1.68. The van der Waals surface area contributed by atoms with Crippen molar-refractivity contribution in [1.82, 2.24) is 9.88 Å². The highest BCUT2D eigenvalue weighted by molar-refractivity contribution is 6.30.